The molecule has 2 aromatic rings. The van der Waals surface area contributed by atoms with Gasteiger partial charge in [0.2, 0.25) is 0 Å². The number of phenolic OH excluding ortho intramolecular Hbond substituents is 2. The highest BCUT2D eigenvalue weighted by Crippen LogP contribution is 2.35. The first-order valence-corrected chi connectivity index (χ1v) is 11.6. The van der Waals surface area contributed by atoms with Crippen LogP contribution < -0.4 is 0 Å². The van der Waals surface area contributed by atoms with Crippen molar-refractivity contribution in [3.63, 3.8) is 0 Å². The van der Waals surface area contributed by atoms with E-state index >= 15 is 0 Å². The average molecular weight is 443 g/mol. The molecule has 0 saturated carbocycles. The van der Waals surface area contributed by atoms with Gasteiger partial charge in [0.1, 0.15) is 11.5 Å². The summed E-state index contributed by atoms with van der Waals surface area (Å²) < 4.78 is 0. The lowest BCUT2D eigenvalue weighted by atomic mass is 9.83. The van der Waals surface area contributed by atoms with Gasteiger partial charge in [-0.2, -0.15) is 0 Å². The van der Waals surface area contributed by atoms with Crippen LogP contribution in [-0.4, -0.2) is 32.6 Å². The van der Waals surface area contributed by atoms with Gasteiger partial charge in [-0.05, 0) is 83.7 Å². The number of aliphatic hydroxyl groups is 2. The van der Waals surface area contributed by atoms with Gasteiger partial charge in [-0.1, -0.05) is 65.8 Å². The van der Waals surface area contributed by atoms with Crippen molar-refractivity contribution in [3.8, 4) is 11.5 Å². The average Bonchev–Trinajstić information content (AvgIpc) is 2.63. The second-order valence-electron chi connectivity index (χ2n) is 11.4. The molecular weight excluding hydrogens is 400 g/mol. The molecule has 2 rings (SSSR count). The fraction of sp³-hybridized carbons (Fsp3) is 0.571. The van der Waals surface area contributed by atoms with E-state index < -0.39 is 12.2 Å². The first-order valence-electron chi connectivity index (χ1n) is 11.6. The predicted octanol–water partition coefficient (Wildman–Crippen LogP) is 5.60. The summed E-state index contributed by atoms with van der Waals surface area (Å²) >= 11 is 0. The summed E-state index contributed by atoms with van der Waals surface area (Å²) in [5.41, 5.74) is 5.04. The summed E-state index contributed by atoms with van der Waals surface area (Å²) in [6.07, 6.45) is 0.845. The molecule has 0 aliphatic carbocycles. The van der Waals surface area contributed by atoms with E-state index in [9.17, 15) is 20.4 Å². The van der Waals surface area contributed by atoms with Crippen LogP contribution >= 0.6 is 0 Å². The third-order valence-electron chi connectivity index (χ3n) is 6.11. The van der Waals surface area contributed by atoms with E-state index in [0.29, 0.717) is 37.2 Å². The van der Waals surface area contributed by atoms with Crippen LogP contribution in [0.5, 0.6) is 11.5 Å². The fourth-order valence-corrected chi connectivity index (χ4v) is 4.22. The Hall–Kier alpha value is -2.04. The van der Waals surface area contributed by atoms with Crippen LogP contribution in [0.1, 0.15) is 87.8 Å². The minimum absolute atomic E-state index is 0.180. The molecule has 0 spiro atoms. The normalized spacial score (nSPS) is 14.4. The Labute approximate surface area is 194 Å². The molecule has 0 amide bonds. The van der Waals surface area contributed by atoms with Crippen molar-refractivity contribution in [2.24, 2.45) is 0 Å². The first kappa shape index (κ1) is 26.2. The third-order valence-corrected chi connectivity index (χ3v) is 6.11. The van der Waals surface area contributed by atoms with Gasteiger partial charge in [-0.25, -0.2) is 0 Å². The molecule has 2 unspecified atom stereocenters. The summed E-state index contributed by atoms with van der Waals surface area (Å²) in [4.78, 5) is 0. The smallest absolute Gasteiger partial charge is 0.122 e. The summed E-state index contributed by atoms with van der Waals surface area (Å²) in [5, 5.41) is 42.0. The van der Waals surface area contributed by atoms with E-state index in [1.807, 2.05) is 38.1 Å². The van der Waals surface area contributed by atoms with Crippen LogP contribution in [0.15, 0.2) is 24.3 Å². The van der Waals surface area contributed by atoms with E-state index in [0.717, 1.165) is 33.4 Å². The van der Waals surface area contributed by atoms with Crippen LogP contribution in [-0.2, 0) is 23.7 Å². The number of phenols is 2. The van der Waals surface area contributed by atoms with Crippen molar-refractivity contribution in [1.29, 1.82) is 0 Å². The zero-order valence-electron chi connectivity index (χ0n) is 21.1. The van der Waals surface area contributed by atoms with E-state index in [1.54, 1.807) is 0 Å². The maximum absolute atomic E-state index is 10.6. The molecule has 0 aliphatic heterocycles. The van der Waals surface area contributed by atoms with Crippen molar-refractivity contribution in [1.82, 2.24) is 0 Å². The van der Waals surface area contributed by atoms with Gasteiger partial charge in [0.15, 0.2) is 0 Å². The number of benzene rings is 2. The maximum Gasteiger partial charge on any atom is 0.122 e. The summed E-state index contributed by atoms with van der Waals surface area (Å²) in [7, 11) is 0. The molecule has 4 N–H and O–H groups in total. The minimum Gasteiger partial charge on any atom is -0.507 e. The molecule has 0 aliphatic rings. The minimum atomic E-state index is -0.562. The van der Waals surface area contributed by atoms with Gasteiger partial charge in [-0.15, -0.1) is 0 Å². The highest BCUT2D eigenvalue weighted by atomic mass is 16.3. The largest absolute Gasteiger partial charge is 0.507 e. The van der Waals surface area contributed by atoms with E-state index in [1.165, 1.54) is 0 Å². The molecule has 2 aromatic carbocycles. The molecule has 0 bridgehead atoms. The second kappa shape index (κ2) is 9.84. The lowest BCUT2D eigenvalue weighted by molar-refractivity contribution is 0.114. The summed E-state index contributed by atoms with van der Waals surface area (Å²) in [6.45, 7) is 16.2. The molecule has 0 radical (unpaired) electrons. The number of aliphatic hydroxyl groups excluding tert-OH is 2. The molecule has 32 heavy (non-hydrogen) atoms. The topological polar surface area (TPSA) is 80.9 Å². The van der Waals surface area contributed by atoms with E-state index in [4.69, 9.17) is 0 Å². The van der Waals surface area contributed by atoms with Crippen molar-refractivity contribution >= 4 is 0 Å². The molecule has 0 fully saturated rings. The van der Waals surface area contributed by atoms with Gasteiger partial charge < -0.3 is 20.4 Å². The zero-order chi connectivity index (χ0) is 24.4. The highest BCUT2D eigenvalue weighted by Gasteiger charge is 2.22. The summed E-state index contributed by atoms with van der Waals surface area (Å²) in [5.74, 6) is 0.648. The van der Waals surface area contributed by atoms with Crippen molar-refractivity contribution in [3.05, 3.63) is 57.6 Å². The first-order chi connectivity index (χ1) is 14.6. The van der Waals surface area contributed by atoms with Crippen molar-refractivity contribution in [2.75, 3.05) is 0 Å². The number of aryl methyl sites for hydroxylation is 2. The molecule has 0 heterocycles. The standard InChI is InChI=1S/C28H42O4/c1-17-11-19(15-23(25(17)31)27(3,4)5)13-21(29)9-10-22(30)14-20-12-18(2)26(32)24(16-20)28(6,7)8/h11-12,15-16,21-22,29-32H,9-10,13-14H2,1-8H3. The monoisotopic (exact) mass is 442 g/mol. The lowest BCUT2D eigenvalue weighted by Gasteiger charge is -2.24. The van der Waals surface area contributed by atoms with E-state index in [2.05, 4.69) is 41.5 Å². The molecule has 0 saturated heterocycles. The molecule has 4 heteroatoms. The molecule has 178 valence electrons. The molecular formula is C28H42O4. The Morgan fingerprint density at radius 3 is 1.22 bits per heavy atom. The third kappa shape index (κ3) is 6.73. The fourth-order valence-electron chi connectivity index (χ4n) is 4.22. The lowest BCUT2D eigenvalue weighted by Crippen LogP contribution is -2.19. The zero-order valence-corrected chi connectivity index (χ0v) is 21.1. The van der Waals surface area contributed by atoms with E-state index in [-0.39, 0.29) is 10.8 Å². The molecule has 0 aromatic heterocycles. The van der Waals surface area contributed by atoms with Gasteiger partial charge >= 0.3 is 0 Å². The Kier molecular flexibility index (Phi) is 8.06. The Bertz CT molecular complexity index is 854. The number of hydrogen-bond donors (Lipinski definition) is 4. The van der Waals surface area contributed by atoms with Gasteiger partial charge in [-0.3, -0.25) is 0 Å². The molecule has 4 nitrogen and oxygen atoms in total. The summed E-state index contributed by atoms with van der Waals surface area (Å²) in [6, 6.07) is 7.82. The predicted molar refractivity (Wildman–Crippen MR) is 132 cm³/mol. The number of rotatable bonds is 7. The maximum atomic E-state index is 10.6. The van der Waals surface area contributed by atoms with Gasteiger partial charge in [0.25, 0.3) is 0 Å². The van der Waals surface area contributed by atoms with Crippen LogP contribution in [0.25, 0.3) is 0 Å². The number of aromatic hydroxyl groups is 2. The van der Waals surface area contributed by atoms with Crippen LogP contribution in [0, 0.1) is 13.8 Å². The van der Waals surface area contributed by atoms with Gasteiger partial charge in [0.05, 0.1) is 12.2 Å². The van der Waals surface area contributed by atoms with Crippen LogP contribution in [0.4, 0.5) is 0 Å². The van der Waals surface area contributed by atoms with Crippen LogP contribution in [0.3, 0.4) is 0 Å². The Balaban J connectivity index is 2.02. The second-order valence-corrected chi connectivity index (χ2v) is 11.4. The Morgan fingerprint density at radius 2 is 0.938 bits per heavy atom. The number of hydrogen-bond acceptors (Lipinski definition) is 4. The van der Waals surface area contributed by atoms with Crippen molar-refractivity contribution in [2.45, 2.75) is 104 Å². The highest BCUT2D eigenvalue weighted by molar-refractivity contribution is 5.47. The van der Waals surface area contributed by atoms with Crippen LogP contribution in [0.2, 0.25) is 0 Å². The van der Waals surface area contributed by atoms with Crippen molar-refractivity contribution < 1.29 is 20.4 Å². The Morgan fingerprint density at radius 1 is 0.625 bits per heavy atom. The SMILES string of the molecule is Cc1cc(CC(O)CCC(O)Cc2cc(C)c(O)c(C(C)(C)C)c2)cc(C(C)(C)C)c1O. The van der Waals surface area contributed by atoms with Gasteiger partial charge in [0, 0.05) is 0 Å². The quantitative estimate of drug-likeness (QED) is 0.450. The molecule has 2 atom stereocenters.